The number of hydrogen-bond acceptors (Lipinski definition) is 6. The molecule has 5 nitrogen and oxygen atoms in total. The van der Waals surface area contributed by atoms with Gasteiger partial charge in [0.25, 0.3) is 0 Å². The van der Waals surface area contributed by atoms with Gasteiger partial charge in [0, 0.05) is 23.3 Å². The van der Waals surface area contributed by atoms with E-state index in [1.165, 1.54) is 11.3 Å². The SMILES string of the molecule is Nc1cnc(-c2ccc3ncccc3c2)c(-c2cncs2)n1. The van der Waals surface area contributed by atoms with E-state index in [4.69, 9.17) is 5.73 Å². The van der Waals surface area contributed by atoms with Gasteiger partial charge in [-0.15, -0.1) is 11.3 Å². The topological polar surface area (TPSA) is 77.6 Å². The van der Waals surface area contributed by atoms with Crippen molar-refractivity contribution in [3.8, 4) is 21.8 Å². The first kappa shape index (κ1) is 12.8. The van der Waals surface area contributed by atoms with Crippen molar-refractivity contribution in [3.63, 3.8) is 0 Å². The van der Waals surface area contributed by atoms with Crippen LogP contribution >= 0.6 is 11.3 Å². The zero-order valence-electron chi connectivity index (χ0n) is 11.5. The lowest BCUT2D eigenvalue weighted by atomic mass is 10.1. The lowest BCUT2D eigenvalue weighted by molar-refractivity contribution is 1.22. The molecule has 0 aliphatic heterocycles. The molecule has 3 aromatic heterocycles. The fourth-order valence-electron chi connectivity index (χ4n) is 2.34. The number of fused-ring (bicyclic) bond motifs is 1. The van der Waals surface area contributed by atoms with Crippen molar-refractivity contribution in [2.75, 3.05) is 5.73 Å². The Labute approximate surface area is 130 Å². The maximum atomic E-state index is 5.80. The van der Waals surface area contributed by atoms with Crippen LogP contribution in [-0.4, -0.2) is 19.9 Å². The molecule has 0 atom stereocenters. The standard InChI is InChI=1S/C16H11N5S/c17-14-8-20-15(16(21-14)13-7-18-9-22-13)11-3-4-12-10(6-11)2-1-5-19-12/h1-9H,(H2,17,21). The Balaban J connectivity index is 1.94. The van der Waals surface area contributed by atoms with Gasteiger partial charge in [0.05, 0.1) is 27.8 Å². The molecule has 1 aromatic carbocycles. The summed E-state index contributed by atoms with van der Waals surface area (Å²) in [5.41, 5.74) is 11.1. The predicted octanol–water partition coefficient (Wildman–Crippen LogP) is 3.40. The Bertz CT molecular complexity index is 950. The number of hydrogen-bond donors (Lipinski definition) is 1. The summed E-state index contributed by atoms with van der Waals surface area (Å²) in [5, 5.41) is 1.06. The van der Waals surface area contributed by atoms with Gasteiger partial charge in [-0.3, -0.25) is 15.0 Å². The van der Waals surface area contributed by atoms with Gasteiger partial charge in [0.1, 0.15) is 11.5 Å². The summed E-state index contributed by atoms with van der Waals surface area (Å²) >= 11 is 1.52. The van der Waals surface area contributed by atoms with Gasteiger partial charge in [-0.2, -0.15) is 0 Å². The summed E-state index contributed by atoms with van der Waals surface area (Å²) < 4.78 is 0. The van der Waals surface area contributed by atoms with Crippen LogP contribution in [0.2, 0.25) is 0 Å². The quantitative estimate of drug-likeness (QED) is 0.614. The molecule has 0 saturated carbocycles. The molecular formula is C16H11N5S. The van der Waals surface area contributed by atoms with E-state index in [1.54, 1.807) is 24.1 Å². The molecule has 0 bridgehead atoms. The summed E-state index contributed by atoms with van der Waals surface area (Å²) in [4.78, 5) is 18.3. The van der Waals surface area contributed by atoms with Gasteiger partial charge >= 0.3 is 0 Å². The second-order valence-electron chi connectivity index (χ2n) is 4.77. The number of thiazole rings is 1. The molecule has 3 heterocycles. The molecule has 0 radical (unpaired) electrons. The van der Waals surface area contributed by atoms with Crippen LogP contribution < -0.4 is 5.73 Å². The summed E-state index contributed by atoms with van der Waals surface area (Å²) in [6.07, 6.45) is 5.14. The predicted molar refractivity (Wildman–Crippen MR) is 88.3 cm³/mol. The molecule has 0 spiro atoms. The fraction of sp³-hybridized carbons (Fsp3) is 0. The third-order valence-corrected chi connectivity index (χ3v) is 4.11. The third kappa shape index (κ3) is 2.19. The van der Waals surface area contributed by atoms with Crippen LogP contribution in [0.15, 0.2) is 54.4 Å². The second kappa shape index (κ2) is 5.16. The summed E-state index contributed by atoms with van der Waals surface area (Å²) in [6, 6.07) is 10.0. The normalized spacial score (nSPS) is 10.9. The van der Waals surface area contributed by atoms with Crippen molar-refractivity contribution in [3.05, 3.63) is 54.4 Å². The Morgan fingerprint density at radius 2 is 1.95 bits per heavy atom. The van der Waals surface area contributed by atoms with E-state index in [0.717, 1.165) is 32.7 Å². The average Bonchev–Trinajstić information content (AvgIpc) is 3.09. The van der Waals surface area contributed by atoms with Gasteiger partial charge < -0.3 is 5.73 Å². The number of anilines is 1. The fourth-order valence-corrected chi connectivity index (χ4v) is 2.95. The van der Waals surface area contributed by atoms with Gasteiger partial charge in [-0.05, 0) is 18.2 Å². The maximum Gasteiger partial charge on any atom is 0.142 e. The lowest BCUT2D eigenvalue weighted by Crippen LogP contribution is -1.97. The third-order valence-electron chi connectivity index (χ3n) is 3.33. The van der Waals surface area contributed by atoms with E-state index in [-0.39, 0.29) is 0 Å². The summed E-state index contributed by atoms with van der Waals surface area (Å²) in [6.45, 7) is 0. The molecule has 6 heteroatoms. The molecule has 0 saturated heterocycles. The highest BCUT2D eigenvalue weighted by atomic mass is 32.1. The minimum atomic E-state index is 0.398. The smallest absolute Gasteiger partial charge is 0.142 e. The minimum absolute atomic E-state index is 0.398. The molecule has 22 heavy (non-hydrogen) atoms. The molecule has 0 amide bonds. The van der Waals surface area contributed by atoms with Crippen LogP contribution in [0, 0.1) is 0 Å². The lowest BCUT2D eigenvalue weighted by Gasteiger charge is -2.08. The van der Waals surface area contributed by atoms with Crippen LogP contribution in [0.4, 0.5) is 5.82 Å². The Morgan fingerprint density at radius 1 is 1.00 bits per heavy atom. The van der Waals surface area contributed by atoms with Gasteiger partial charge in [-0.25, -0.2) is 4.98 Å². The van der Waals surface area contributed by atoms with E-state index in [0.29, 0.717) is 5.82 Å². The van der Waals surface area contributed by atoms with E-state index < -0.39 is 0 Å². The number of benzene rings is 1. The number of nitrogen functional groups attached to an aromatic ring is 1. The van der Waals surface area contributed by atoms with Crippen molar-refractivity contribution < 1.29 is 0 Å². The minimum Gasteiger partial charge on any atom is -0.382 e. The molecular weight excluding hydrogens is 294 g/mol. The number of rotatable bonds is 2. The first-order valence-corrected chi connectivity index (χ1v) is 7.56. The molecule has 2 N–H and O–H groups in total. The van der Waals surface area contributed by atoms with Crippen LogP contribution in [0.1, 0.15) is 0 Å². The van der Waals surface area contributed by atoms with Crippen molar-refractivity contribution >= 4 is 28.1 Å². The van der Waals surface area contributed by atoms with E-state index in [1.807, 2.05) is 24.3 Å². The van der Waals surface area contributed by atoms with Crippen molar-refractivity contribution in [2.24, 2.45) is 0 Å². The van der Waals surface area contributed by atoms with Gasteiger partial charge in [-0.1, -0.05) is 12.1 Å². The summed E-state index contributed by atoms with van der Waals surface area (Å²) in [7, 11) is 0. The largest absolute Gasteiger partial charge is 0.382 e. The monoisotopic (exact) mass is 305 g/mol. The molecule has 0 fully saturated rings. The van der Waals surface area contributed by atoms with Crippen LogP contribution in [-0.2, 0) is 0 Å². The first-order chi connectivity index (χ1) is 10.8. The van der Waals surface area contributed by atoms with Crippen LogP contribution in [0.5, 0.6) is 0 Å². The molecule has 0 aliphatic rings. The molecule has 4 rings (SSSR count). The molecule has 4 aromatic rings. The second-order valence-corrected chi connectivity index (χ2v) is 5.65. The van der Waals surface area contributed by atoms with Gasteiger partial charge in [0.2, 0.25) is 0 Å². The highest BCUT2D eigenvalue weighted by Crippen LogP contribution is 2.32. The highest BCUT2D eigenvalue weighted by Gasteiger charge is 2.13. The molecule has 106 valence electrons. The number of aromatic nitrogens is 4. The van der Waals surface area contributed by atoms with E-state index >= 15 is 0 Å². The van der Waals surface area contributed by atoms with Crippen molar-refractivity contribution in [1.29, 1.82) is 0 Å². The number of nitrogens with zero attached hydrogens (tertiary/aromatic N) is 4. The van der Waals surface area contributed by atoms with E-state index in [9.17, 15) is 0 Å². The zero-order chi connectivity index (χ0) is 14.9. The first-order valence-electron chi connectivity index (χ1n) is 6.68. The zero-order valence-corrected chi connectivity index (χ0v) is 12.3. The highest BCUT2D eigenvalue weighted by molar-refractivity contribution is 7.13. The number of pyridine rings is 1. The Hall–Kier alpha value is -2.86. The maximum absolute atomic E-state index is 5.80. The van der Waals surface area contributed by atoms with Crippen LogP contribution in [0.3, 0.4) is 0 Å². The Morgan fingerprint density at radius 3 is 2.82 bits per heavy atom. The average molecular weight is 305 g/mol. The van der Waals surface area contributed by atoms with Crippen molar-refractivity contribution in [2.45, 2.75) is 0 Å². The number of nitrogens with two attached hydrogens (primary N) is 1. The van der Waals surface area contributed by atoms with Crippen molar-refractivity contribution in [1.82, 2.24) is 19.9 Å². The van der Waals surface area contributed by atoms with Crippen LogP contribution in [0.25, 0.3) is 32.7 Å². The van der Waals surface area contributed by atoms with E-state index in [2.05, 4.69) is 26.0 Å². The Kier molecular flexibility index (Phi) is 3.01. The van der Waals surface area contributed by atoms with Gasteiger partial charge in [0.15, 0.2) is 0 Å². The molecule has 0 unspecified atom stereocenters. The molecule has 0 aliphatic carbocycles. The summed E-state index contributed by atoms with van der Waals surface area (Å²) in [5.74, 6) is 0.398.